The van der Waals surface area contributed by atoms with Gasteiger partial charge in [-0.05, 0) is 24.6 Å². The molecule has 0 saturated heterocycles. The van der Waals surface area contributed by atoms with Crippen molar-refractivity contribution < 1.29 is 8.78 Å². The summed E-state index contributed by atoms with van der Waals surface area (Å²) < 4.78 is 26.5. The van der Waals surface area contributed by atoms with Crippen molar-refractivity contribution in [1.29, 1.82) is 5.26 Å². The predicted octanol–water partition coefficient (Wildman–Crippen LogP) is 3.69. The molecule has 20 heavy (non-hydrogen) atoms. The Morgan fingerprint density at radius 3 is 2.65 bits per heavy atom. The number of nitrogens with one attached hydrogen (secondary N) is 1. The maximum Gasteiger partial charge on any atom is 0.130 e. The van der Waals surface area contributed by atoms with Gasteiger partial charge in [-0.15, -0.1) is 0 Å². The van der Waals surface area contributed by atoms with E-state index >= 15 is 0 Å². The van der Waals surface area contributed by atoms with E-state index in [1.807, 2.05) is 12.1 Å². The quantitative estimate of drug-likeness (QED) is 0.921. The molecule has 2 aromatic carbocycles. The van der Waals surface area contributed by atoms with Crippen molar-refractivity contribution in [2.45, 2.75) is 19.5 Å². The Bertz CT molecular complexity index is 647. The average molecular weight is 272 g/mol. The van der Waals surface area contributed by atoms with Crippen LogP contribution < -0.4 is 5.32 Å². The minimum absolute atomic E-state index is 0.276. The first kappa shape index (κ1) is 14.2. The third kappa shape index (κ3) is 3.19. The Morgan fingerprint density at radius 2 is 1.95 bits per heavy atom. The summed E-state index contributed by atoms with van der Waals surface area (Å²) in [7, 11) is 0. The van der Waals surface area contributed by atoms with Crippen LogP contribution in [0.2, 0.25) is 0 Å². The molecule has 0 heterocycles. The maximum absolute atomic E-state index is 13.6. The van der Waals surface area contributed by atoms with Gasteiger partial charge in [-0.3, -0.25) is 0 Å². The Kier molecular flexibility index (Phi) is 4.44. The molecule has 1 atom stereocenters. The standard InChI is InChI=1S/C16H14F2N2/c1-11(15-7-6-14(17)8-16(15)18)20-10-13-5-3-2-4-12(13)9-19/h2-8,11,20H,10H2,1H3. The molecular formula is C16H14F2N2. The zero-order valence-electron chi connectivity index (χ0n) is 11.0. The van der Waals surface area contributed by atoms with Gasteiger partial charge in [0.15, 0.2) is 0 Å². The van der Waals surface area contributed by atoms with Crippen molar-refractivity contribution in [2.24, 2.45) is 0 Å². The number of nitrogens with zero attached hydrogens (tertiary/aromatic N) is 1. The summed E-state index contributed by atoms with van der Waals surface area (Å²) in [6.45, 7) is 2.24. The van der Waals surface area contributed by atoms with E-state index in [1.165, 1.54) is 12.1 Å². The number of rotatable bonds is 4. The number of benzene rings is 2. The van der Waals surface area contributed by atoms with E-state index in [2.05, 4.69) is 11.4 Å². The van der Waals surface area contributed by atoms with Gasteiger partial charge in [0, 0.05) is 24.2 Å². The van der Waals surface area contributed by atoms with E-state index in [4.69, 9.17) is 5.26 Å². The van der Waals surface area contributed by atoms with Gasteiger partial charge in [0.05, 0.1) is 11.6 Å². The van der Waals surface area contributed by atoms with E-state index in [-0.39, 0.29) is 6.04 Å². The lowest BCUT2D eigenvalue weighted by Crippen LogP contribution is -2.19. The average Bonchev–Trinajstić information content (AvgIpc) is 2.45. The fraction of sp³-hybridized carbons (Fsp3) is 0.188. The maximum atomic E-state index is 13.6. The number of halogens is 2. The second kappa shape index (κ2) is 6.27. The van der Waals surface area contributed by atoms with Gasteiger partial charge >= 0.3 is 0 Å². The highest BCUT2D eigenvalue weighted by molar-refractivity contribution is 5.37. The van der Waals surface area contributed by atoms with Crippen molar-refractivity contribution in [3.63, 3.8) is 0 Å². The molecule has 0 aliphatic carbocycles. The van der Waals surface area contributed by atoms with Gasteiger partial charge < -0.3 is 5.32 Å². The SMILES string of the molecule is CC(NCc1ccccc1C#N)c1ccc(F)cc1F. The van der Waals surface area contributed by atoms with Crippen LogP contribution in [0.25, 0.3) is 0 Å². The fourth-order valence-electron chi connectivity index (χ4n) is 2.01. The van der Waals surface area contributed by atoms with Crippen LogP contribution in [0.15, 0.2) is 42.5 Å². The van der Waals surface area contributed by atoms with Gasteiger partial charge in [0.1, 0.15) is 11.6 Å². The van der Waals surface area contributed by atoms with Crippen LogP contribution in [0.1, 0.15) is 29.7 Å². The second-order valence-corrected chi connectivity index (χ2v) is 4.54. The summed E-state index contributed by atoms with van der Waals surface area (Å²) >= 11 is 0. The lowest BCUT2D eigenvalue weighted by Gasteiger charge is -2.15. The summed E-state index contributed by atoms with van der Waals surface area (Å²) in [5, 5.41) is 12.1. The third-order valence-electron chi connectivity index (χ3n) is 3.17. The van der Waals surface area contributed by atoms with E-state index < -0.39 is 11.6 Å². The topological polar surface area (TPSA) is 35.8 Å². The van der Waals surface area contributed by atoms with Crippen LogP contribution >= 0.6 is 0 Å². The zero-order chi connectivity index (χ0) is 14.5. The Morgan fingerprint density at radius 1 is 1.20 bits per heavy atom. The highest BCUT2D eigenvalue weighted by Crippen LogP contribution is 2.18. The first-order valence-corrected chi connectivity index (χ1v) is 6.28. The molecule has 1 N–H and O–H groups in total. The van der Waals surface area contributed by atoms with E-state index in [0.29, 0.717) is 17.7 Å². The molecule has 0 amide bonds. The minimum Gasteiger partial charge on any atom is -0.306 e. The molecule has 1 unspecified atom stereocenters. The summed E-state index contributed by atoms with van der Waals surface area (Å²) in [6.07, 6.45) is 0. The molecule has 2 nitrogen and oxygen atoms in total. The summed E-state index contributed by atoms with van der Waals surface area (Å²) in [5.41, 5.74) is 1.84. The van der Waals surface area contributed by atoms with Crippen molar-refractivity contribution in [2.75, 3.05) is 0 Å². The smallest absolute Gasteiger partial charge is 0.130 e. The first-order chi connectivity index (χ1) is 9.61. The van der Waals surface area contributed by atoms with Crippen LogP contribution in [-0.2, 0) is 6.54 Å². The van der Waals surface area contributed by atoms with E-state index in [0.717, 1.165) is 11.6 Å². The summed E-state index contributed by atoms with van der Waals surface area (Å²) in [4.78, 5) is 0. The normalized spacial score (nSPS) is 11.9. The van der Waals surface area contributed by atoms with Gasteiger partial charge in [0.2, 0.25) is 0 Å². The third-order valence-corrected chi connectivity index (χ3v) is 3.17. The van der Waals surface area contributed by atoms with Crippen LogP contribution in [0.3, 0.4) is 0 Å². The van der Waals surface area contributed by atoms with Crippen LogP contribution in [-0.4, -0.2) is 0 Å². The van der Waals surface area contributed by atoms with Crippen LogP contribution in [0, 0.1) is 23.0 Å². The Balaban J connectivity index is 2.09. The molecular weight excluding hydrogens is 258 g/mol. The van der Waals surface area contributed by atoms with Gasteiger partial charge in [-0.1, -0.05) is 24.3 Å². The molecule has 0 aliphatic heterocycles. The largest absolute Gasteiger partial charge is 0.306 e. The molecule has 0 aliphatic rings. The van der Waals surface area contributed by atoms with Crippen molar-refractivity contribution in [3.8, 4) is 6.07 Å². The Hall–Kier alpha value is -2.25. The van der Waals surface area contributed by atoms with Crippen molar-refractivity contribution in [3.05, 3.63) is 70.8 Å². The highest BCUT2D eigenvalue weighted by atomic mass is 19.1. The van der Waals surface area contributed by atoms with Crippen molar-refractivity contribution in [1.82, 2.24) is 5.32 Å². The second-order valence-electron chi connectivity index (χ2n) is 4.54. The first-order valence-electron chi connectivity index (χ1n) is 6.28. The zero-order valence-corrected chi connectivity index (χ0v) is 11.0. The molecule has 102 valence electrons. The number of nitriles is 1. The van der Waals surface area contributed by atoms with Crippen molar-refractivity contribution >= 4 is 0 Å². The van der Waals surface area contributed by atoms with Gasteiger partial charge in [0.25, 0.3) is 0 Å². The van der Waals surface area contributed by atoms with Gasteiger partial charge in [-0.25, -0.2) is 8.78 Å². The molecule has 0 aromatic heterocycles. The molecule has 0 spiro atoms. The van der Waals surface area contributed by atoms with E-state index in [1.54, 1.807) is 19.1 Å². The number of hydrogen-bond donors (Lipinski definition) is 1. The van der Waals surface area contributed by atoms with Crippen LogP contribution in [0.5, 0.6) is 0 Å². The molecule has 0 radical (unpaired) electrons. The molecule has 0 bridgehead atoms. The number of hydrogen-bond acceptors (Lipinski definition) is 2. The van der Waals surface area contributed by atoms with Crippen LogP contribution in [0.4, 0.5) is 8.78 Å². The lowest BCUT2D eigenvalue weighted by atomic mass is 10.1. The highest BCUT2D eigenvalue weighted by Gasteiger charge is 2.12. The van der Waals surface area contributed by atoms with Gasteiger partial charge in [-0.2, -0.15) is 5.26 Å². The fourth-order valence-corrected chi connectivity index (χ4v) is 2.01. The molecule has 2 rings (SSSR count). The predicted molar refractivity (Wildman–Crippen MR) is 72.8 cm³/mol. The summed E-state index contributed by atoms with van der Waals surface area (Å²) in [5.74, 6) is -1.16. The minimum atomic E-state index is -0.590. The Labute approximate surface area is 116 Å². The summed E-state index contributed by atoms with van der Waals surface area (Å²) in [6, 6.07) is 12.6. The van der Waals surface area contributed by atoms with E-state index in [9.17, 15) is 8.78 Å². The molecule has 2 aromatic rings. The monoisotopic (exact) mass is 272 g/mol. The molecule has 0 fully saturated rings. The molecule has 4 heteroatoms. The molecule has 0 saturated carbocycles. The lowest BCUT2D eigenvalue weighted by molar-refractivity contribution is 0.517.